The molecule has 2 N–H and O–H groups in total. The maximum absolute atomic E-state index is 12.8. The first kappa shape index (κ1) is 19.3. The van der Waals surface area contributed by atoms with Crippen LogP contribution in [0.1, 0.15) is 18.4 Å². The monoisotopic (exact) mass is 343 g/mol. The van der Waals surface area contributed by atoms with Gasteiger partial charge in [0.2, 0.25) is 5.91 Å². The van der Waals surface area contributed by atoms with Gasteiger partial charge >= 0.3 is 0 Å². The number of hydrogen-bond donors (Lipinski definition) is 1. The van der Waals surface area contributed by atoms with E-state index in [1.807, 2.05) is 0 Å². The molecule has 1 heterocycles. The number of carbonyl (C=O) groups excluding carboxylic acids is 1. The highest BCUT2D eigenvalue weighted by Crippen LogP contribution is 2.32. The molecule has 1 amide bonds. The smallest absolute Gasteiger partial charge is 0.274 e. The van der Waals surface area contributed by atoms with E-state index in [9.17, 15) is 14.9 Å². The Morgan fingerprint density at radius 1 is 1.39 bits per heavy atom. The van der Waals surface area contributed by atoms with Gasteiger partial charge in [-0.15, -0.1) is 12.4 Å². The van der Waals surface area contributed by atoms with Crippen molar-refractivity contribution >= 4 is 24.0 Å². The molecule has 1 aliphatic rings. The van der Waals surface area contributed by atoms with Crippen molar-refractivity contribution in [2.24, 2.45) is 11.1 Å². The van der Waals surface area contributed by atoms with Crippen LogP contribution in [0.2, 0.25) is 0 Å². The molecular weight excluding hydrogens is 322 g/mol. The molecule has 0 unspecified atom stereocenters. The molecule has 0 atom stereocenters. The Labute approximate surface area is 141 Å². The molecule has 0 radical (unpaired) electrons. The lowest BCUT2D eigenvalue weighted by Gasteiger charge is -2.37. The van der Waals surface area contributed by atoms with Crippen molar-refractivity contribution in [1.82, 2.24) is 4.90 Å². The number of hydrogen-bond acceptors (Lipinski definition) is 5. The Morgan fingerprint density at radius 2 is 2.00 bits per heavy atom. The third-order valence-electron chi connectivity index (χ3n) is 4.24. The van der Waals surface area contributed by atoms with Gasteiger partial charge < -0.3 is 15.4 Å². The number of ether oxygens (including phenoxy) is 1. The van der Waals surface area contributed by atoms with E-state index in [0.717, 1.165) is 0 Å². The van der Waals surface area contributed by atoms with Crippen molar-refractivity contribution in [3.63, 3.8) is 0 Å². The fraction of sp³-hybridized carbons (Fsp3) is 0.533. The molecule has 0 spiro atoms. The highest BCUT2D eigenvalue weighted by atomic mass is 35.5. The van der Waals surface area contributed by atoms with E-state index < -0.39 is 10.3 Å². The van der Waals surface area contributed by atoms with Crippen LogP contribution in [-0.4, -0.2) is 42.5 Å². The number of nitro groups is 1. The lowest BCUT2D eigenvalue weighted by molar-refractivity contribution is -0.385. The summed E-state index contributed by atoms with van der Waals surface area (Å²) in [5, 5.41) is 11.1. The summed E-state index contributed by atoms with van der Waals surface area (Å²) in [6.07, 6.45) is 1.17. The van der Waals surface area contributed by atoms with Crippen LogP contribution < -0.4 is 5.73 Å². The van der Waals surface area contributed by atoms with Crippen LogP contribution in [0.15, 0.2) is 24.3 Å². The Kier molecular flexibility index (Phi) is 6.93. The third-order valence-corrected chi connectivity index (χ3v) is 4.24. The van der Waals surface area contributed by atoms with Crippen molar-refractivity contribution in [2.75, 3.05) is 26.8 Å². The molecule has 0 aromatic heterocycles. The zero-order chi connectivity index (χ0) is 16.2. The minimum absolute atomic E-state index is 0. The molecule has 1 saturated heterocycles. The highest BCUT2D eigenvalue weighted by Gasteiger charge is 2.40. The normalized spacial score (nSPS) is 16.3. The predicted molar refractivity (Wildman–Crippen MR) is 88.4 cm³/mol. The highest BCUT2D eigenvalue weighted by molar-refractivity contribution is 5.85. The lowest BCUT2D eigenvalue weighted by atomic mass is 9.79. The molecular formula is C15H22ClN3O4. The molecule has 23 heavy (non-hydrogen) atoms. The van der Waals surface area contributed by atoms with E-state index in [1.54, 1.807) is 25.2 Å². The Bertz CT molecular complexity index is 561. The number of benzene rings is 1. The Hall–Kier alpha value is -1.70. The average Bonchev–Trinajstić information content (AvgIpc) is 2.55. The third kappa shape index (κ3) is 4.19. The number of amides is 1. The van der Waals surface area contributed by atoms with E-state index in [0.29, 0.717) is 31.6 Å². The fourth-order valence-electron chi connectivity index (χ4n) is 2.82. The number of halogens is 1. The summed E-state index contributed by atoms with van der Waals surface area (Å²) in [7, 11) is 1.66. The second-order valence-electron chi connectivity index (χ2n) is 5.64. The molecule has 0 saturated carbocycles. The van der Waals surface area contributed by atoms with E-state index in [1.165, 1.54) is 11.0 Å². The van der Waals surface area contributed by atoms with E-state index in [4.69, 9.17) is 10.5 Å². The van der Waals surface area contributed by atoms with Gasteiger partial charge in [0.05, 0.1) is 16.9 Å². The molecule has 1 aliphatic heterocycles. The minimum Gasteiger partial charge on any atom is -0.381 e. The van der Waals surface area contributed by atoms with Crippen LogP contribution in [0.5, 0.6) is 0 Å². The summed E-state index contributed by atoms with van der Waals surface area (Å²) in [5.74, 6) is -0.0727. The maximum atomic E-state index is 12.8. The zero-order valence-electron chi connectivity index (χ0n) is 13.1. The molecule has 1 fully saturated rings. The van der Waals surface area contributed by atoms with Crippen LogP contribution in [0.25, 0.3) is 0 Å². The molecule has 0 bridgehead atoms. The van der Waals surface area contributed by atoms with Crippen LogP contribution in [-0.2, 0) is 16.1 Å². The number of nitro benzene ring substituents is 1. The van der Waals surface area contributed by atoms with Crippen LogP contribution in [0.4, 0.5) is 5.69 Å². The zero-order valence-corrected chi connectivity index (χ0v) is 13.9. The quantitative estimate of drug-likeness (QED) is 0.648. The number of rotatable bonds is 5. The first-order valence-electron chi connectivity index (χ1n) is 7.26. The summed E-state index contributed by atoms with van der Waals surface area (Å²) in [4.78, 5) is 24.9. The van der Waals surface area contributed by atoms with Gasteiger partial charge in [-0.05, 0) is 12.8 Å². The summed E-state index contributed by atoms with van der Waals surface area (Å²) < 4.78 is 5.31. The summed E-state index contributed by atoms with van der Waals surface area (Å²) in [5.41, 5.74) is 5.76. The lowest BCUT2D eigenvalue weighted by Crippen LogP contribution is -2.49. The topological polar surface area (TPSA) is 98.7 Å². The molecule has 7 nitrogen and oxygen atoms in total. The van der Waals surface area contributed by atoms with Gasteiger partial charge in [-0.3, -0.25) is 14.9 Å². The van der Waals surface area contributed by atoms with Crippen LogP contribution in [0, 0.1) is 15.5 Å². The summed E-state index contributed by atoms with van der Waals surface area (Å²) in [6.45, 7) is 1.49. The Morgan fingerprint density at radius 3 is 2.57 bits per heavy atom. The number of para-hydroxylation sites is 1. The van der Waals surface area contributed by atoms with Crippen molar-refractivity contribution in [1.29, 1.82) is 0 Å². The van der Waals surface area contributed by atoms with Gasteiger partial charge in [0.25, 0.3) is 5.69 Å². The summed E-state index contributed by atoms with van der Waals surface area (Å²) in [6, 6.07) is 6.46. The average molecular weight is 344 g/mol. The van der Waals surface area contributed by atoms with Gasteiger partial charge in [0, 0.05) is 38.4 Å². The molecule has 1 aromatic carbocycles. The van der Waals surface area contributed by atoms with Gasteiger partial charge in [-0.25, -0.2) is 0 Å². The predicted octanol–water partition coefficient (Wildman–Crippen LogP) is 1.73. The standard InChI is InChI=1S/C15H21N3O4.ClH/c1-17(10-12-4-2-3-5-13(12)18(20)21)14(19)15(11-16)6-8-22-9-7-15;/h2-5H,6-11,16H2,1H3;1H. The van der Waals surface area contributed by atoms with Gasteiger partial charge in [-0.2, -0.15) is 0 Å². The summed E-state index contributed by atoms with van der Waals surface area (Å²) >= 11 is 0. The molecule has 0 aliphatic carbocycles. The second-order valence-corrected chi connectivity index (χ2v) is 5.64. The van der Waals surface area contributed by atoms with Crippen molar-refractivity contribution in [3.8, 4) is 0 Å². The number of nitrogens with zero attached hydrogens (tertiary/aromatic N) is 2. The number of nitrogens with two attached hydrogens (primary N) is 1. The van der Waals surface area contributed by atoms with Crippen molar-refractivity contribution in [2.45, 2.75) is 19.4 Å². The van der Waals surface area contributed by atoms with Crippen LogP contribution in [0.3, 0.4) is 0 Å². The molecule has 8 heteroatoms. The SMILES string of the molecule is CN(Cc1ccccc1[N+](=O)[O-])C(=O)C1(CN)CCOCC1.Cl. The first-order valence-corrected chi connectivity index (χ1v) is 7.26. The minimum atomic E-state index is -0.615. The molecule has 1 aromatic rings. The van der Waals surface area contributed by atoms with E-state index >= 15 is 0 Å². The van der Waals surface area contributed by atoms with Gasteiger partial charge in [0.1, 0.15) is 0 Å². The number of carbonyl (C=O) groups is 1. The first-order chi connectivity index (χ1) is 10.5. The molecule has 128 valence electrons. The maximum Gasteiger partial charge on any atom is 0.274 e. The molecule has 2 rings (SSSR count). The van der Waals surface area contributed by atoms with Gasteiger partial charge in [0.15, 0.2) is 0 Å². The fourth-order valence-corrected chi connectivity index (χ4v) is 2.82. The van der Waals surface area contributed by atoms with E-state index in [2.05, 4.69) is 0 Å². The second kappa shape index (κ2) is 8.24. The van der Waals surface area contributed by atoms with Gasteiger partial charge in [-0.1, -0.05) is 18.2 Å². The van der Waals surface area contributed by atoms with Crippen molar-refractivity contribution in [3.05, 3.63) is 39.9 Å². The van der Waals surface area contributed by atoms with Crippen LogP contribution >= 0.6 is 12.4 Å². The van der Waals surface area contributed by atoms with E-state index in [-0.39, 0.29) is 37.1 Å². The van der Waals surface area contributed by atoms with Crippen molar-refractivity contribution < 1.29 is 14.5 Å². The largest absolute Gasteiger partial charge is 0.381 e. The Balaban J connectivity index is 0.00000264.